The van der Waals surface area contributed by atoms with Crippen molar-refractivity contribution in [3.63, 3.8) is 0 Å². The van der Waals surface area contributed by atoms with E-state index in [0.29, 0.717) is 16.4 Å². The van der Waals surface area contributed by atoms with Crippen LogP contribution in [0.1, 0.15) is 17.4 Å². The number of likely N-dealkylation sites (N-methyl/N-ethyl adjacent to an activating group) is 1. The van der Waals surface area contributed by atoms with Crippen molar-refractivity contribution in [3.8, 4) is 22.7 Å². The normalized spacial score (nSPS) is 14.7. The zero-order chi connectivity index (χ0) is 21.1. The highest BCUT2D eigenvalue weighted by Crippen LogP contribution is 2.29. The molecule has 2 heterocycles. The largest absolute Gasteiger partial charge is 0.497 e. The molecule has 1 N–H and O–H groups in total. The van der Waals surface area contributed by atoms with Crippen molar-refractivity contribution in [2.45, 2.75) is 6.92 Å². The zero-order valence-corrected chi connectivity index (χ0v) is 18.0. The number of nitrogens with one attached hydrogen (secondary N) is 1. The lowest BCUT2D eigenvalue weighted by Crippen LogP contribution is -3.14. The molecule has 1 fully saturated rings. The number of hydrogen-bond acceptors (Lipinski definition) is 3. The van der Waals surface area contributed by atoms with Gasteiger partial charge in [0.15, 0.2) is 0 Å². The second-order valence-corrected chi connectivity index (χ2v) is 7.81. The van der Waals surface area contributed by atoms with Gasteiger partial charge in [-0.15, -0.1) is 0 Å². The van der Waals surface area contributed by atoms with Gasteiger partial charge in [0.25, 0.3) is 5.91 Å². The number of hydrogen-bond donors (Lipinski definition) is 1. The average molecular weight is 426 g/mol. The van der Waals surface area contributed by atoms with E-state index in [0.717, 1.165) is 49.7 Å². The van der Waals surface area contributed by atoms with Crippen LogP contribution in [0.15, 0.2) is 54.6 Å². The molecule has 1 aliphatic rings. The maximum atomic E-state index is 13.4. The Balaban J connectivity index is 1.73. The quantitative estimate of drug-likeness (QED) is 0.683. The fourth-order valence-electron chi connectivity index (χ4n) is 3.80. The Hall–Kier alpha value is -2.83. The third kappa shape index (κ3) is 4.06. The van der Waals surface area contributed by atoms with Crippen LogP contribution >= 0.6 is 11.6 Å². The molecule has 30 heavy (non-hydrogen) atoms. The number of quaternary nitrogens is 1. The molecule has 3 aromatic rings. The molecule has 4 rings (SSSR count). The second kappa shape index (κ2) is 8.90. The fourth-order valence-corrected chi connectivity index (χ4v) is 4.03. The SMILES string of the molecule is CC[NH+]1CCN(C(=O)c2cc(-c3ccccc3Cl)nn2-c2ccc(OC)cc2)CC1. The van der Waals surface area contributed by atoms with Gasteiger partial charge in [-0.05, 0) is 43.3 Å². The monoisotopic (exact) mass is 425 g/mol. The molecule has 0 unspecified atom stereocenters. The van der Waals surface area contributed by atoms with Gasteiger partial charge in [0.2, 0.25) is 0 Å². The molecule has 0 saturated carbocycles. The second-order valence-electron chi connectivity index (χ2n) is 7.40. The highest BCUT2D eigenvalue weighted by Gasteiger charge is 2.27. The van der Waals surface area contributed by atoms with Crippen molar-refractivity contribution in [2.24, 2.45) is 0 Å². The van der Waals surface area contributed by atoms with Gasteiger partial charge in [-0.2, -0.15) is 5.10 Å². The van der Waals surface area contributed by atoms with Gasteiger partial charge >= 0.3 is 0 Å². The van der Waals surface area contributed by atoms with E-state index in [1.165, 1.54) is 4.90 Å². The van der Waals surface area contributed by atoms with Crippen molar-refractivity contribution < 1.29 is 14.4 Å². The van der Waals surface area contributed by atoms with Crippen LogP contribution in [-0.2, 0) is 0 Å². The van der Waals surface area contributed by atoms with Crippen molar-refractivity contribution in [1.29, 1.82) is 0 Å². The third-order valence-corrected chi connectivity index (χ3v) is 5.98. The summed E-state index contributed by atoms with van der Waals surface area (Å²) in [6.07, 6.45) is 0. The van der Waals surface area contributed by atoms with Crippen molar-refractivity contribution in [1.82, 2.24) is 14.7 Å². The van der Waals surface area contributed by atoms with E-state index < -0.39 is 0 Å². The van der Waals surface area contributed by atoms with Gasteiger partial charge in [0.1, 0.15) is 11.4 Å². The molecular weight excluding hydrogens is 400 g/mol. The van der Waals surface area contributed by atoms with Crippen molar-refractivity contribution in [3.05, 3.63) is 65.3 Å². The number of halogens is 1. The Morgan fingerprint density at radius 2 is 1.83 bits per heavy atom. The number of carbonyl (C=O) groups is 1. The number of benzene rings is 2. The maximum absolute atomic E-state index is 13.4. The summed E-state index contributed by atoms with van der Waals surface area (Å²) in [6.45, 7) is 6.70. The summed E-state index contributed by atoms with van der Waals surface area (Å²) >= 11 is 6.40. The van der Waals surface area contributed by atoms with Crippen LogP contribution in [0.2, 0.25) is 5.02 Å². The molecule has 1 amide bonds. The molecule has 2 aromatic carbocycles. The average Bonchev–Trinajstić information content (AvgIpc) is 3.24. The molecular formula is C23H26ClN4O2+. The van der Waals surface area contributed by atoms with Gasteiger partial charge in [0.05, 0.1) is 56.2 Å². The Kier molecular flexibility index (Phi) is 6.06. The first-order valence-electron chi connectivity index (χ1n) is 10.2. The summed E-state index contributed by atoms with van der Waals surface area (Å²) in [7, 11) is 1.63. The summed E-state index contributed by atoms with van der Waals surface area (Å²) in [6, 6.07) is 16.9. The van der Waals surface area contributed by atoms with Crippen molar-refractivity contribution >= 4 is 17.5 Å². The zero-order valence-electron chi connectivity index (χ0n) is 17.3. The van der Waals surface area contributed by atoms with Crippen LogP contribution < -0.4 is 9.64 Å². The highest BCUT2D eigenvalue weighted by molar-refractivity contribution is 6.33. The van der Waals surface area contributed by atoms with E-state index in [1.807, 2.05) is 59.5 Å². The minimum atomic E-state index is -0.00762. The van der Waals surface area contributed by atoms with Gasteiger partial charge in [-0.3, -0.25) is 4.79 Å². The lowest BCUT2D eigenvalue weighted by molar-refractivity contribution is -0.902. The maximum Gasteiger partial charge on any atom is 0.273 e. The number of rotatable bonds is 5. The first-order valence-corrected chi connectivity index (χ1v) is 10.6. The minimum Gasteiger partial charge on any atom is -0.497 e. The summed E-state index contributed by atoms with van der Waals surface area (Å²) in [5.74, 6) is 0.746. The van der Waals surface area contributed by atoms with Crippen LogP contribution in [0, 0.1) is 0 Å². The van der Waals surface area contributed by atoms with Gasteiger partial charge < -0.3 is 14.5 Å². The Bertz CT molecular complexity index is 1020. The molecule has 7 heteroatoms. The predicted molar refractivity (Wildman–Crippen MR) is 118 cm³/mol. The number of methoxy groups -OCH3 is 1. The third-order valence-electron chi connectivity index (χ3n) is 5.65. The van der Waals surface area contributed by atoms with E-state index in [9.17, 15) is 4.79 Å². The highest BCUT2D eigenvalue weighted by atomic mass is 35.5. The van der Waals surface area contributed by atoms with Crippen LogP contribution in [0.4, 0.5) is 0 Å². The van der Waals surface area contributed by atoms with Crippen LogP contribution in [0.25, 0.3) is 16.9 Å². The van der Waals surface area contributed by atoms with E-state index in [2.05, 4.69) is 6.92 Å². The Labute approximate surface area is 181 Å². The van der Waals surface area contributed by atoms with Gasteiger partial charge in [-0.1, -0.05) is 29.8 Å². The Morgan fingerprint density at radius 3 is 2.47 bits per heavy atom. The lowest BCUT2D eigenvalue weighted by atomic mass is 10.1. The van der Waals surface area contributed by atoms with E-state index >= 15 is 0 Å². The number of amides is 1. The van der Waals surface area contributed by atoms with Gasteiger partial charge in [-0.25, -0.2) is 4.68 Å². The Morgan fingerprint density at radius 1 is 1.13 bits per heavy atom. The molecule has 0 aliphatic carbocycles. The molecule has 0 spiro atoms. The van der Waals surface area contributed by atoms with Gasteiger partial charge in [0, 0.05) is 5.56 Å². The van der Waals surface area contributed by atoms with E-state index in [4.69, 9.17) is 21.4 Å². The summed E-state index contributed by atoms with van der Waals surface area (Å²) in [4.78, 5) is 16.9. The molecule has 0 atom stereocenters. The van der Waals surface area contributed by atoms with E-state index in [-0.39, 0.29) is 5.91 Å². The standard InChI is InChI=1S/C23H25ClN4O2/c1-3-26-12-14-27(15-13-26)23(29)22-16-21(19-6-4-5-7-20(19)24)25-28(22)17-8-10-18(30-2)11-9-17/h4-11,16H,3,12-15H2,1-2H3/p+1. The molecule has 156 valence electrons. The minimum absolute atomic E-state index is 0.00762. The summed E-state index contributed by atoms with van der Waals surface area (Å²) in [5, 5.41) is 5.36. The van der Waals surface area contributed by atoms with Crippen LogP contribution in [0.3, 0.4) is 0 Å². The summed E-state index contributed by atoms with van der Waals surface area (Å²) < 4.78 is 6.97. The predicted octanol–water partition coefficient (Wildman–Crippen LogP) is 2.56. The number of ether oxygens (including phenoxy) is 1. The van der Waals surface area contributed by atoms with Crippen LogP contribution in [0.5, 0.6) is 5.75 Å². The number of piperazine rings is 1. The van der Waals surface area contributed by atoms with Crippen molar-refractivity contribution in [2.75, 3.05) is 39.8 Å². The number of aromatic nitrogens is 2. The molecule has 0 radical (unpaired) electrons. The van der Waals surface area contributed by atoms with E-state index in [1.54, 1.807) is 11.8 Å². The smallest absolute Gasteiger partial charge is 0.273 e. The topological polar surface area (TPSA) is 51.8 Å². The lowest BCUT2D eigenvalue weighted by Gasteiger charge is -2.31. The molecule has 1 saturated heterocycles. The first kappa shape index (κ1) is 20.4. The van der Waals surface area contributed by atoms with Crippen LogP contribution in [-0.4, -0.2) is 60.4 Å². The molecule has 6 nitrogen and oxygen atoms in total. The molecule has 1 aliphatic heterocycles. The fraction of sp³-hybridized carbons (Fsp3) is 0.304. The molecule has 1 aromatic heterocycles. The summed E-state index contributed by atoms with van der Waals surface area (Å²) in [5.41, 5.74) is 2.82. The number of carbonyl (C=O) groups excluding carboxylic acids is 1. The first-order chi connectivity index (χ1) is 14.6. The molecule has 0 bridgehead atoms. The number of nitrogens with zero attached hydrogens (tertiary/aromatic N) is 3.